The van der Waals surface area contributed by atoms with Crippen molar-refractivity contribution >= 4 is 0 Å². The Morgan fingerprint density at radius 3 is 2.00 bits per heavy atom. The minimum atomic E-state index is -0.919. The molecule has 0 amide bonds. The zero-order valence-electron chi connectivity index (χ0n) is 9.18. The molecule has 1 aromatic carbocycles. The Morgan fingerprint density at radius 1 is 1.07 bits per heavy atom. The summed E-state index contributed by atoms with van der Waals surface area (Å²) in [6.07, 6.45) is 0. The van der Waals surface area contributed by atoms with E-state index in [0.717, 1.165) is 5.56 Å². The van der Waals surface area contributed by atoms with E-state index >= 15 is 0 Å². The van der Waals surface area contributed by atoms with Crippen LogP contribution in [0.3, 0.4) is 0 Å². The zero-order valence-corrected chi connectivity index (χ0v) is 9.18. The van der Waals surface area contributed by atoms with E-state index in [1.807, 2.05) is 26.0 Å². The molecule has 1 rings (SSSR count). The third-order valence-corrected chi connectivity index (χ3v) is 1.73. The normalized spacial score (nSPS) is 10.6. The van der Waals surface area contributed by atoms with Crippen LogP contribution in [0.5, 0.6) is 0 Å². The number of aryl methyl sites for hydroxylation is 2. The van der Waals surface area contributed by atoms with Crippen molar-refractivity contribution in [3.05, 3.63) is 34.9 Å². The second-order valence-electron chi connectivity index (χ2n) is 4.19. The smallest absolute Gasteiger partial charge is 0.120 e. The third kappa shape index (κ3) is 3.64. The molecule has 0 bridgehead atoms. The topological polar surface area (TPSA) is 20.2 Å². The summed E-state index contributed by atoms with van der Waals surface area (Å²) in [6.45, 7) is 7.45. The second-order valence-corrected chi connectivity index (χ2v) is 4.19. The van der Waals surface area contributed by atoms with Gasteiger partial charge in [0.2, 0.25) is 0 Å². The second kappa shape index (κ2) is 3.86. The fourth-order valence-corrected chi connectivity index (χ4v) is 1.27. The van der Waals surface area contributed by atoms with E-state index in [4.69, 9.17) is 0 Å². The van der Waals surface area contributed by atoms with Crippen LogP contribution in [-0.4, -0.2) is 10.7 Å². The van der Waals surface area contributed by atoms with Crippen molar-refractivity contribution in [2.45, 2.75) is 33.3 Å². The first-order chi connectivity index (χ1) is 6.37. The maximum absolute atomic E-state index is 9.44. The van der Waals surface area contributed by atoms with Gasteiger partial charge in [0, 0.05) is 5.56 Å². The Bertz CT molecular complexity index is 366. The van der Waals surface area contributed by atoms with E-state index in [-0.39, 0.29) is 0 Å². The van der Waals surface area contributed by atoms with Gasteiger partial charge in [0.25, 0.3) is 0 Å². The molecule has 0 saturated carbocycles. The molecule has 0 atom stereocenters. The van der Waals surface area contributed by atoms with Crippen molar-refractivity contribution < 1.29 is 5.11 Å². The number of hydrogen-bond donors (Lipinski definition) is 1. The highest BCUT2D eigenvalue weighted by atomic mass is 16.3. The molecule has 0 fully saturated rings. The lowest BCUT2D eigenvalue weighted by Gasteiger charge is -2.06. The van der Waals surface area contributed by atoms with Gasteiger partial charge in [0.1, 0.15) is 5.60 Å². The molecule has 0 radical (unpaired) electrons. The van der Waals surface area contributed by atoms with Gasteiger partial charge >= 0.3 is 0 Å². The van der Waals surface area contributed by atoms with Crippen molar-refractivity contribution in [1.82, 2.24) is 0 Å². The van der Waals surface area contributed by atoms with E-state index in [1.165, 1.54) is 11.1 Å². The molecular weight excluding hydrogens is 172 g/mol. The van der Waals surface area contributed by atoms with Crippen LogP contribution in [0.4, 0.5) is 0 Å². The molecule has 0 heterocycles. The van der Waals surface area contributed by atoms with Gasteiger partial charge in [0.05, 0.1) is 0 Å². The molecular formula is C13H16O. The molecule has 1 heteroatoms. The average molecular weight is 188 g/mol. The van der Waals surface area contributed by atoms with Crippen LogP contribution in [-0.2, 0) is 0 Å². The molecule has 1 N–H and O–H groups in total. The van der Waals surface area contributed by atoms with Crippen molar-refractivity contribution in [3.8, 4) is 11.8 Å². The number of rotatable bonds is 0. The molecule has 0 aromatic heterocycles. The molecule has 0 aliphatic carbocycles. The first-order valence-electron chi connectivity index (χ1n) is 4.71. The lowest BCUT2D eigenvalue weighted by atomic mass is 10.1. The van der Waals surface area contributed by atoms with E-state index in [2.05, 4.69) is 17.9 Å². The zero-order chi connectivity index (χ0) is 10.8. The Kier molecular flexibility index (Phi) is 2.98. The van der Waals surface area contributed by atoms with Crippen LogP contribution in [0.2, 0.25) is 0 Å². The number of aliphatic hydroxyl groups is 1. The van der Waals surface area contributed by atoms with Crippen LogP contribution in [0.25, 0.3) is 0 Å². The molecule has 0 aliphatic rings. The van der Waals surface area contributed by atoms with Crippen molar-refractivity contribution in [2.24, 2.45) is 0 Å². The van der Waals surface area contributed by atoms with Gasteiger partial charge in [0.15, 0.2) is 0 Å². The van der Waals surface area contributed by atoms with Gasteiger partial charge in [-0.1, -0.05) is 17.9 Å². The van der Waals surface area contributed by atoms with Crippen LogP contribution >= 0.6 is 0 Å². The van der Waals surface area contributed by atoms with Crippen molar-refractivity contribution in [3.63, 3.8) is 0 Å². The summed E-state index contributed by atoms with van der Waals surface area (Å²) < 4.78 is 0. The number of hydrogen-bond acceptors (Lipinski definition) is 1. The van der Waals surface area contributed by atoms with Gasteiger partial charge in [-0.3, -0.25) is 0 Å². The highest BCUT2D eigenvalue weighted by molar-refractivity contribution is 5.40. The summed E-state index contributed by atoms with van der Waals surface area (Å²) >= 11 is 0. The SMILES string of the molecule is Cc1cc(C)cc(C#CC(C)(C)O)c1. The Morgan fingerprint density at radius 2 is 1.57 bits per heavy atom. The van der Waals surface area contributed by atoms with Gasteiger partial charge in [-0.15, -0.1) is 0 Å². The Hall–Kier alpha value is -1.26. The molecule has 1 aromatic rings. The lowest BCUT2D eigenvalue weighted by Crippen LogP contribution is -2.14. The quantitative estimate of drug-likeness (QED) is 0.620. The maximum atomic E-state index is 9.44. The first-order valence-corrected chi connectivity index (χ1v) is 4.71. The van der Waals surface area contributed by atoms with Gasteiger partial charge in [-0.05, 0) is 51.0 Å². The lowest BCUT2D eigenvalue weighted by molar-refractivity contribution is 0.143. The highest BCUT2D eigenvalue weighted by Crippen LogP contribution is 2.08. The molecule has 0 spiro atoms. The predicted octanol–water partition coefficient (Wildman–Crippen LogP) is 2.43. The predicted molar refractivity (Wildman–Crippen MR) is 59.1 cm³/mol. The van der Waals surface area contributed by atoms with Crippen LogP contribution in [0, 0.1) is 25.7 Å². The Balaban J connectivity index is 3.02. The first kappa shape index (κ1) is 10.8. The molecule has 14 heavy (non-hydrogen) atoms. The van der Waals surface area contributed by atoms with E-state index < -0.39 is 5.60 Å². The largest absolute Gasteiger partial charge is 0.378 e. The summed E-state index contributed by atoms with van der Waals surface area (Å²) in [5.41, 5.74) is 2.44. The number of benzene rings is 1. The summed E-state index contributed by atoms with van der Waals surface area (Å²) in [5.74, 6) is 5.76. The summed E-state index contributed by atoms with van der Waals surface area (Å²) in [4.78, 5) is 0. The maximum Gasteiger partial charge on any atom is 0.120 e. The summed E-state index contributed by atoms with van der Waals surface area (Å²) in [6, 6.07) is 6.15. The van der Waals surface area contributed by atoms with Crippen molar-refractivity contribution in [2.75, 3.05) is 0 Å². The molecule has 0 aliphatic heterocycles. The van der Waals surface area contributed by atoms with Crippen LogP contribution < -0.4 is 0 Å². The Labute approximate surface area is 85.8 Å². The molecule has 1 nitrogen and oxygen atoms in total. The van der Waals surface area contributed by atoms with Crippen LogP contribution in [0.15, 0.2) is 18.2 Å². The third-order valence-electron chi connectivity index (χ3n) is 1.73. The van der Waals surface area contributed by atoms with Crippen LogP contribution in [0.1, 0.15) is 30.5 Å². The fraction of sp³-hybridized carbons (Fsp3) is 0.385. The van der Waals surface area contributed by atoms with Crippen molar-refractivity contribution in [1.29, 1.82) is 0 Å². The monoisotopic (exact) mass is 188 g/mol. The van der Waals surface area contributed by atoms with E-state index in [9.17, 15) is 5.11 Å². The minimum Gasteiger partial charge on any atom is -0.378 e. The molecule has 0 saturated heterocycles. The highest BCUT2D eigenvalue weighted by Gasteiger charge is 2.05. The van der Waals surface area contributed by atoms with E-state index in [1.54, 1.807) is 13.8 Å². The van der Waals surface area contributed by atoms with Gasteiger partial charge < -0.3 is 5.11 Å². The summed E-state index contributed by atoms with van der Waals surface area (Å²) in [7, 11) is 0. The van der Waals surface area contributed by atoms with Gasteiger partial charge in [-0.25, -0.2) is 0 Å². The average Bonchev–Trinajstić information content (AvgIpc) is 1.97. The minimum absolute atomic E-state index is 0.919. The molecule has 74 valence electrons. The van der Waals surface area contributed by atoms with Gasteiger partial charge in [-0.2, -0.15) is 0 Å². The fourth-order valence-electron chi connectivity index (χ4n) is 1.27. The summed E-state index contributed by atoms with van der Waals surface area (Å²) in [5, 5.41) is 9.44. The standard InChI is InChI=1S/C13H16O/c1-10-7-11(2)9-12(8-10)5-6-13(3,4)14/h7-9,14H,1-4H3. The molecule has 0 unspecified atom stereocenters. The van der Waals surface area contributed by atoms with E-state index in [0.29, 0.717) is 0 Å².